The number of ether oxygens (including phenoxy) is 1. The van der Waals surface area contributed by atoms with Crippen LogP contribution in [0, 0.1) is 35.0 Å². The Morgan fingerprint density at radius 2 is 1.93 bits per heavy atom. The molecule has 1 saturated heterocycles. The zero-order chi connectivity index (χ0) is 20.0. The molecule has 1 saturated carbocycles. The molecule has 0 N–H and O–H groups in total. The van der Waals surface area contributed by atoms with Gasteiger partial charge in [0.1, 0.15) is 11.6 Å². The Morgan fingerprint density at radius 1 is 1.25 bits per heavy atom. The molecule has 142 valence electrons. The molecule has 0 radical (unpaired) electrons. The number of esters is 1. The van der Waals surface area contributed by atoms with Crippen molar-refractivity contribution in [3.8, 4) is 6.07 Å². The highest BCUT2D eigenvalue weighted by atomic mass is 16.5. The minimum Gasteiger partial charge on any atom is -0.462 e. The molecule has 1 aromatic carbocycles. The Balaban J connectivity index is 1.57. The summed E-state index contributed by atoms with van der Waals surface area (Å²) in [6.45, 7) is 3.90. The normalized spacial score (nSPS) is 28.2. The summed E-state index contributed by atoms with van der Waals surface area (Å²) in [6.07, 6.45) is 4.48. The molecule has 0 unspecified atom stereocenters. The molecule has 1 heterocycles. The van der Waals surface area contributed by atoms with Gasteiger partial charge in [-0.1, -0.05) is 23.8 Å². The van der Waals surface area contributed by atoms with Crippen LogP contribution in [0.1, 0.15) is 25.8 Å². The van der Waals surface area contributed by atoms with Gasteiger partial charge in [0.2, 0.25) is 11.8 Å². The van der Waals surface area contributed by atoms with Gasteiger partial charge < -0.3 is 4.74 Å². The standard InChI is InChI=1S/C22H20N2O4/c1-3-28-22(27)15(11-23)9-13-4-6-16(7-5-13)24-20(25)18-14-8-12(2)17(10-14)19(18)21(24)26/h4-9,14,17-19H,3,10H2,1-2H3/b15-9+/t14-,17-,18+,19+/m1/s1. The van der Waals surface area contributed by atoms with Crippen molar-refractivity contribution in [3.63, 3.8) is 0 Å². The first-order valence-corrected chi connectivity index (χ1v) is 9.41. The van der Waals surface area contributed by atoms with Gasteiger partial charge in [-0.05, 0) is 55.9 Å². The third-order valence-corrected chi connectivity index (χ3v) is 5.96. The van der Waals surface area contributed by atoms with Crippen molar-refractivity contribution in [3.05, 3.63) is 47.1 Å². The van der Waals surface area contributed by atoms with Crippen LogP contribution in [0.4, 0.5) is 5.69 Å². The van der Waals surface area contributed by atoms with E-state index in [4.69, 9.17) is 10.00 Å². The molecule has 4 atom stereocenters. The molecule has 2 aliphatic carbocycles. The monoisotopic (exact) mass is 376 g/mol. The van der Waals surface area contributed by atoms with Crippen molar-refractivity contribution in [2.24, 2.45) is 23.7 Å². The van der Waals surface area contributed by atoms with Gasteiger partial charge >= 0.3 is 5.97 Å². The number of nitrogens with zero attached hydrogens (tertiary/aromatic N) is 2. The van der Waals surface area contributed by atoms with Gasteiger partial charge in [-0.2, -0.15) is 5.26 Å². The van der Waals surface area contributed by atoms with E-state index in [1.807, 2.05) is 13.0 Å². The lowest BCUT2D eigenvalue weighted by atomic mass is 9.82. The van der Waals surface area contributed by atoms with Gasteiger partial charge in [-0.3, -0.25) is 14.5 Å². The number of fused-ring (bicyclic) bond motifs is 5. The minimum atomic E-state index is -0.676. The Bertz CT molecular complexity index is 967. The Labute approximate surface area is 163 Å². The molecule has 1 aliphatic heterocycles. The number of rotatable bonds is 4. The predicted octanol–water partition coefficient (Wildman–Crippen LogP) is 2.86. The van der Waals surface area contributed by atoms with E-state index < -0.39 is 5.97 Å². The van der Waals surface area contributed by atoms with Gasteiger partial charge in [0.05, 0.1) is 24.1 Å². The van der Waals surface area contributed by atoms with Crippen molar-refractivity contribution in [1.82, 2.24) is 0 Å². The molecule has 28 heavy (non-hydrogen) atoms. The first kappa shape index (κ1) is 18.2. The Hall–Kier alpha value is -3.20. The summed E-state index contributed by atoms with van der Waals surface area (Å²) in [6, 6.07) is 8.53. The van der Waals surface area contributed by atoms with E-state index in [9.17, 15) is 14.4 Å². The zero-order valence-electron chi connectivity index (χ0n) is 15.7. The molecule has 6 heteroatoms. The first-order chi connectivity index (χ1) is 13.5. The largest absolute Gasteiger partial charge is 0.462 e. The van der Waals surface area contributed by atoms with E-state index in [0.29, 0.717) is 11.3 Å². The van der Waals surface area contributed by atoms with Gasteiger partial charge in [0.15, 0.2) is 0 Å². The van der Waals surface area contributed by atoms with Crippen molar-refractivity contribution < 1.29 is 19.1 Å². The van der Waals surface area contributed by atoms with Crippen molar-refractivity contribution in [2.75, 3.05) is 11.5 Å². The summed E-state index contributed by atoms with van der Waals surface area (Å²) in [4.78, 5) is 38.9. The molecule has 0 aromatic heterocycles. The van der Waals surface area contributed by atoms with Crippen LogP contribution >= 0.6 is 0 Å². The number of carbonyl (C=O) groups is 3. The summed E-state index contributed by atoms with van der Waals surface area (Å²) in [7, 11) is 0. The van der Waals surface area contributed by atoms with Gasteiger partial charge in [-0.15, -0.1) is 0 Å². The Morgan fingerprint density at radius 3 is 2.57 bits per heavy atom. The lowest BCUT2D eigenvalue weighted by molar-refractivity contribution is -0.138. The maximum Gasteiger partial charge on any atom is 0.348 e. The number of amides is 2. The van der Waals surface area contributed by atoms with E-state index in [-0.39, 0.29) is 47.7 Å². The molecule has 3 aliphatic rings. The Kier molecular flexibility index (Phi) is 4.38. The van der Waals surface area contributed by atoms with E-state index in [1.165, 1.54) is 16.5 Å². The fourth-order valence-electron chi connectivity index (χ4n) is 4.76. The summed E-state index contributed by atoms with van der Waals surface area (Å²) in [5.74, 6) is -1.06. The second-order valence-electron chi connectivity index (χ2n) is 7.46. The number of imide groups is 1. The van der Waals surface area contributed by atoms with Crippen molar-refractivity contribution >= 4 is 29.5 Å². The second kappa shape index (κ2) is 6.75. The maximum absolute atomic E-state index is 13.0. The second-order valence-corrected chi connectivity index (χ2v) is 7.46. The first-order valence-electron chi connectivity index (χ1n) is 9.41. The van der Waals surface area contributed by atoms with E-state index in [2.05, 4.69) is 6.08 Å². The molecular weight excluding hydrogens is 356 g/mol. The SMILES string of the molecule is CCOC(=O)/C(C#N)=C/c1ccc(N2C(=O)[C@@H]3[C@@H](C2=O)[C@@H]2C[C@H]3C=C2C)cc1. The zero-order valence-corrected chi connectivity index (χ0v) is 15.7. The van der Waals surface area contributed by atoms with E-state index in [1.54, 1.807) is 31.2 Å². The fourth-order valence-corrected chi connectivity index (χ4v) is 4.76. The van der Waals surface area contributed by atoms with Crippen LogP contribution in [-0.4, -0.2) is 24.4 Å². The molecule has 2 amide bonds. The molecular formula is C22H20N2O4. The number of hydrogen-bond donors (Lipinski definition) is 0. The average Bonchev–Trinajstić information content (AvgIpc) is 3.31. The molecule has 4 rings (SSSR count). The molecule has 2 fully saturated rings. The van der Waals surface area contributed by atoms with Crippen LogP contribution < -0.4 is 4.90 Å². The lowest BCUT2D eigenvalue weighted by Crippen LogP contribution is -2.32. The molecule has 6 nitrogen and oxygen atoms in total. The predicted molar refractivity (Wildman–Crippen MR) is 101 cm³/mol. The van der Waals surface area contributed by atoms with Crippen LogP contribution in [0.15, 0.2) is 41.5 Å². The van der Waals surface area contributed by atoms with E-state index >= 15 is 0 Å². The summed E-state index contributed by atoms with van der Waals surface area (Å²) < 4.78 is 4.85. The summed E-state index contributed by atoms with van der Waals surface area (Å²) in [5, 5.41) is 9.13. The van der Waals surface area contributed by atoms with Gasteiger partial charge in [-0.25, -0.2) is 4.79 Å². The summed E-state index contributed by atoms with van der Waals surface area (Å²) >= 11 is 0. The lowest BCUT2D eigenvalue weighted by Gasteiger charge is -2.19. The highest BCUT2D eigenvalue weighted by Gasteiger charge is 2.60. The third-order valence-electron chi connectivity index (χ3n) is 5.96. The number of carbonyl (C=O) groups excluding carboxylic acids is 3. The molecule has 0 spiro atoms. The molecule has 2 bridgehead atoms. The van der Waals surface area contributed by atoms with Crippen LogP contribution in [0.3, 0.4) is 0 Å². The van der Waals surface area contributed by atoms with E-state index in [0.717, 1.165) is 6.42 Å². The van der Waals surface area contributed by atoms with Crippen LogP contribution in [-0.2, 0) is 19.1 Å². The van der Waals surface area contributed by atoms with Crippen molar-refractivity contribution in [2.45, 2.75) is 20.3 Å². The van der Waals surface area contributed by atoms with Crippen LogP contribution in [0.25, 0.3) is 6.08 Å². The quantitative estimate of drug-likeness (QED) is 0.265. The number of nitriles is 1. The van der Waals surface area contributed by atoms with Gasteiger partial charge in [0, 0.05) is 0 Å². The van der Waals surface area contributed by atoms with Crippen LogP contribution in [0.5, 0.6) is 0 Å². The topological polar surface area (TPSA) is 87.5 Å². The van der Waals surface area contributed by atoms with Crippen molar-refractivity contribution in [1.29, 1.82) is 5.26 Å². The number of allylic oxidation sites excluding steroid dienone is 2. The molecule has 1 aromatic rings. The third kappa shape index (κ3) is 2.66. The fraction of sp³-hybridized carbons (Fsp3) is 0.364. The minimum absolute atomic E-state index is 0.101. The highest BCUT2D eigenvalue weighted by Crippen LogP contribution is 2.55. The highest BCUT2D eigenvalue weighted by molar-refractivity contribution is 6.22. The smallest absolute Gasteiger partial charge is 0.348 e. The average molecular weight is 376 g/mol. The number of anilines is 1. The van der Waals surface area contributed by atoms with Gasteiger partial charge in [0.25, 0.3) is 0 Å². The van der Waals surface area contributed by atoms with Crippen LogP contribution in [0.2, 0.25) is 0 Å². The number of benzene rings is 1. The summed E-state index contributed by atoms with van der Waals surface area (Å²) in [5.41, 5.74) is 2.26. The maximum atomic E-state index is 13.0. The number of hydrogen-bond acceptors (Lipinski definition) is 5.